The van der Waals surface area contributed by atoms with E-state index in [1.54, 1.807) is 38.4 Å². The van der Waals surface area contributed by atoms with Crippen molar-refractivity contribution < 1.29 is 14.3 Å². The highest BCUT2D eigenvalue weighted by atomic mass is 19.1. The van der Waals surface area contributed by atoms with Gasteiger partial charge in [0.2, 0.25) is 0 Å². The number of benzene rings is 2. The van der Waals surface area contributed by atoms with Crippen molar-refractivity contribution in [3.8, 4) is 17.6 Å². The van der Waals surface area contributed by atoms with Crippen LogP contribution in [0.1, 0.15) is 50.4 Å². The minimum Gasteiger partial charge on any atom is -0.508 e. The topological polar surface area (TPSA) is 104 Å². The van der Waals surface area contributed by atoms with Gasteiger partial charge in [-0.3, -0.25) is 4.79 Å². The molecule has 8 heteroatoms. The molecule has 0 radical (unpaired) electrons. The Labute approximate surface area is 212 Å². The molecule has 37 heavy (non-hydrogen) atoms. The molecular weight excluding hydrogens is 469 g/mol. The summed E-state index contributed by atoms with van der Waals surface area (Å²) in [6, 6.07) is 15.6. The molecule has 0 aliphatic heterocycles. The Hall–Kier alpha value is -5.03. The predicted molar refractivity (Wildman–Crippen MR) is 137 cm³/mol. The van der Waals surface area contributed by atoms with E-state index in [0.717, 1.165) is 17.0 Å². The van der Waals surface area contributed by atoms with Crippen LogP contribution in [0.5, 0.6) is 5.75 Å². The van der Waals surface area contributed by atoms with Crippen molar-refractivity contribution in [2.24, 2.45) is 0 Å². The molecule has 0 spiro atoms. The standard InChI is InChI=1S/C29H22FN5O2/c1-17-11-19(7-8-20-15-31-18(2)32-16-20)12-26(33-17)29(37)35-28(23-14-22(30)9-10-27(23)36)25-13-21-5-3-4-6-24(21)34-25/h3-6,9-16,28,34,36H,1-2H3,(H,35,37). The molecule has 0 aliphatic carbocycles. The number of aryl methyl sites for hydroxylation is 2. The molecule has 7 nitrogen and oxygen atoms in total. The van der Waals surface area contributed by atoms with Gasteiger partial charge in [0.1, 0.15) is 23.1 Å². The molecule has 3 N–H and O–H groups in total. The van der Waals surface area contributed by atoms with E-state index in [2.05, 4.69) is 37.1 Å². The van der Waals surface area contributed by atoms with Gasteiger partial charge in [0, 0.05) is 40.4 Å². The van der Waals surface area contributed by atoms with E-state index in [0.29, 0.717) is 28.3 Å². The van der Waals surface area contributed by atoms with Crippen LogP contribution in [-0.4, -0.2) is 30.9 Å². The van der Waals surface area contributed by atoms with Gasteiger partial charge >= 0.3 is 0 Å². The lowest BCUT2D eigenvalue weighted by atomic mass is 10.0. The number of halogens is 1. The number of carbonyl (C=O) groups is 1. The molecule has 1 unspecified atom stereocenters. The summed E-state index contributed by atoms with van der Waals surface area (Å²) in [5, 5.41) is 14.4. The number of aromatic nitrogens is 4. The number of hydrogen-bond acceptors (Lipinski definition) is 5. The average Bonchev–Trinajstić information content (AvgIpc) is 3.32. The Morgan fingerprint density at radius 3 is 2.54 bits per heavy atom. The third-order valence-electron chi connectivity index (χ3n) is 5.76. The van der Waals surface area contributed by atoms with Gasteiger partial charge in [-0.25, -0.2) is 19.3 Å². The third-order valence-corrected chi connectivity index (χ3v) is 5.76. The second-order valence-corrected chi connectivity index (χ2v) is 8.57. The molecule has 0 saturated heterocycles. The quantitative estimate of drug-likeness (QED) is 0.315. The minimum atomic E-state index is -0.864. The van der Waals surface area contributed by atoms with Crippen LogP contribution in [0.25, 0.3) is 10.9 Å². The van der Waals surface area contributed by atoms with Crippen molar-refractivity contribution in [2.45, 2.75) is 19.9 Å². The van der Waals surface area contributed by atoms with Crippen LogP contribution >= 0.6 is 0 Å². The Kier molecular flexibility index (Phi) is 6.35. The van der Waals surface area contributed by atoms with Crippen LogP contribution in [0.3, 0.4) is 0 Å². The summed E-state index contributed by atoms with van der Waals surface area (Å²) in [4.78, 5) is 29.3. The number of phenolic OH excluding ortho intramolecular Hbond substituents is 1. The maximum Gasteiger partial charge on any atom is 0.270 e. The van der Waals surface area contributed by atoms with E-state index in [1.807, 2.05) is 30.3 Å². The molecule has 0 saturated carbocycles. The lowest BCUT2D eigenvalue weighted by molar-refractivity contribution is 0.0936. The monoisotopic (exact) mass is 491 g/mol. The molecule has 182 valence electrons. The lowest BCUT2D eigenvalue weighted by Gasteiger charge is -2.19. The van der Waals surface area contributed by atoms with Gasteiger partial charge in [0.25, 0.3) is 5.91 Å². The predicted octanol–water partition coefficient (Wildman–Crippen LogP) is 4.73. The Morgan fingerprint density at radius 1 is 1.00 bits per heavy atom. The van der Waals surface area contributed by atoms with Crippen LogP contribution in [0, 0.1) is 31.5 Å². The first-order valence-electron chi connectivity index (χ1n) is 11.5. The van der Waals surface area contributed by atoms with Gasteiger partial charge in [-0.05, 0) is 61.7 Å². The van der Waals surface area contributed by atoms with Gasteiger partial charge in [0.05, 0.1) is 11.6 Å². The van der Waals surface area contributed by atoms with Crippen LogP contribution in [0.15, 0.2) is 73.1 Å². The number of nitrogens with one attached hydrogen (secondary N) is 2. The van der Waals surface area contributed by atoms with Crippen LogP contribution in [0.4, 0.5) is 4.39 Å². The van der Waals surface area contributed by atoms with Crippen molar-refractivity contribution in [1.82, 2.24) is 25.3 Å². The number of amides is 1. The summed E-state index contributed by atoms with van der Waals surface area (Å²) >= 11 is 0. The van der Waals surface area contributed by atoms with E-state index < -0.39 is 17.8 Å². The van der Waals surface area contributed by atoms with Crippen molar-refractivity contribution >= 4 is 16.8 Å². The smallest absolute Gasteiger partial charge is 0.270 e. The van der Waals surface area contributed by atoms with E-state index >= 15 is 0 Å². The van der Waals surface area contributed by atoms with E-state index in [-0.39, 0.29) is 17.0 Å². The number of pyridine rings is 1. The first kappa shape index (κ1) is 23.7. The number of nitrogens with zero attached hydrogens (tertiary/aromatic N) is 3. The van der Waals surface area contributed by atoms with Crippen LogP contribution < -0.4 is 5.32 Å². The van der Waals surface area contributed by atoms with Crippen molar-refractivity contribution in [2.75, 3.05) is 0 Å². The maximum atomic E-state index is 14.2. The summed E-state index contributed by atoms with van der Waals surface area (Å²) in [6.45, 7) is 3.56. The molecule has 3 aromatic heterocycles. The lowest BCUT2D eigenvalue weighted by Crippen LogP contribution is -2.30. The molecule has 3 heterocycles. The highest BCUT2D eigenvalue weighted by Crippen LogP contribution is 2.31. The van der Waals surface area contributed by atoms with Gasteiger partial charge < -0.3 is 15.4 Å². The number of para-hydroxylation sites is 1. The number of aromatic hydroxyl groups is 1. The minimum absolute atomic E-state index is 0.140. The molecule has 0 bridgehead atoms. The van der Waals surface area contributed by atoms with Crippen LogP contribution in [0.2, 0.25) is 0 Å². The number of carbonyl (C=O) groups excluding carboxylic acids is 1. The Morgan fingerprint density at radius 2 is 1.76 bits per heavy atom. The summed E-state index contributed by atoms with van der Waals surface area (Å²) in [5.41, 5.74) is 3.63. The van der Waals surface area contributed by atoms with Crippen molar-refractivity contribution in [3.05, 3.63) is 118 Å². The fraction of sp³-hybridized carbons (Fsp3) is 0.103. The zero-order valence-electron chi connectivity index (χ0n) is 20.1. The summed E-state index contributed by atoms with van der Waals surface area (Å²) < 4.78 is 14.2. The van der Waals surface area contributed by atoms with Crippen LogP contribution in [-0.2, 0) is 0 Å². The fourth-order valence-electron chi connectivity index (χ4n) is 3.99. The largest absolute Gasteiger partial charge is 0.508 e. The Balaban J connectivity index is 1.50. The third kappa shape index (κ3) is 5.31. The zero-order chi connectivity index (χ0) is 25.9. The van der Waals surface area contributed by atoms with Gasteiger partial charge in [-0.2, -0.15) is 0 Å². The molecule has 0 aliphatic rings. The van der Waals surface area contributed by atoms with Gasteiger partial charge in [0.15, 0.2) is 0 Å². The van der Waals surface area contributed by atoms with E-state index in [4.69, 9.17) is 0 Å². The van der Waals surface area contributed by atoms with Gasteiger partial charge in [-0.1, -0.05) is 30.0 Å². The molecule has 5 rings (SSSR count). The van der Waals surface area contributed by atoms with Crippen molar-refractivity contribution in [1.29, 1.82) is 0 Å². The molecule has 5 aromatic rings. The number of fused-ring (bicyclic) bond motifs is 1. The molecule has 0 fully saturated rings. The SMILES string of the molecule is Cc1cc(C#Cc2cnc(C)nc2)cc(C(=O)NC(c2cc3ccccc3[nH]2)c2cc(F)ccc2O)n1. The number of aromatic amines is 1. The second kappa shape index (κ2) is 9.91. The molecule has 2 aromatic carbocycles. The first-order chi connectivity index (χ1) is 17.9. The number of rotatable bonds is 4. The summed E-state index contributed by atoms with van der Waals surface area (Å²) in [6.07, 6.45) is 3.26. The second-order valence-electron chi connectivity index (χ2n) is 8.57. The normalized spacial score (nSPS) is 11.5. The van der Waals surface area contributed by atoms with E-state index in [1.165, 1.54) is 12.1 Å². The fourth-order valence-corrected chi connectivity index (χ4v) is 3.99. The number of H-pyrrole nitrogens is 1. The number of hydrogen-bond donors (Lipinski definition) is 3. The summed E-state index contributed by atoms with van der Waals surface area (Å²) in [7, 11) is 0. The highest BCUT2D eigenvalue weighted by Gasteiger charge is 2.24. The van der Waals surface area contributed by atoms with E-state index in [9.17, 15) is 14.3 Å². The molecule has 1 amide bonds. The molecular formula is C29H22FN5O2. The maximum absolute atomic E-state index is 14.2. The van der Waals surface area contributed by atoms with Crippen molar-refractivity contribution in [3.63, 3.8) is 0 Å². The van der Waals surface area contributed by atoms with Gasteiger partial charge in [-0.15, -0.1) is 0 Å². The molecule has 1 atom stereocenters. The number of phenols is 1. The zero-order valence-corrected chi connectivity index (χ0v) is 20.1. The Bertz CT molecular complexity index is 1650. The highest BCUT2D eigenvalue weighted by molar-refractivity contribution is 5.93. The summed E-state index contributed by atoms with van der Waals surface area (Å²) in [5.74, 6) is 5.48. The first-order valence-corrected chi connectivity index (χ1v) is 11.5. The average molecular weight is 492 g/mol.